The molecule has 0 aliphatic carbocycles. The molecule has 7 heteroatoms. The lowest BCUT2D eigenvalue weighted by Crippen LogP contribution is -2.11. The normalized spacial score (nSPS) is 10.2. The number of nitrogens with zero attached hydrogens (tertiary/aromatic N) is 2. The van der Waals surface area contributed by atoms with Gasteiger partial charge in [0.05, 0.1) is 10.6 Å². The lowest BCUT2D eigenvalue weighted by molar-refractivity contribution is 0.458. The molecular formula is C11H10Cl2N4O. The van der Waals surface area contributed by atoms with Crippen LogP contribution in [0.1, 0.15) is 5.56 Å². The summed E-state index contributed by atoms with van der Waals surface area (Å²) in [5.41, 5.74) is 3.15. The monoisotopic (exact) mass is 284 g/mol. The highest BCUT2D eigenvalue weighted by molar-refractivity contribution is 6.35. The van der Waals surface area contributed by atoms with E-state index in [0.717, 1.165) is 0 Å². The summed E-state index contributed by atoms with van der Waals surface area (Å²) in [6.45, 7) is 1.79. The molecular weight excluding hydrogens is 275 g/mol. The predicted molar refractivity (Wildman–Crippen MR) is 71.1 cm³/mol. The fraction of sp³-hybridized carbons (Fsp3) is 0.0909. The van der Waals surface area contributed by atoms with Crippen LogP contribution >= 0.6 is 23.2 Å². The molecule has 2 rings (SSSR count). The minimum Gasteiger partial charge on any atom is -0.437 e. The van der Waals surface area contributed by atoms with Crippen molar-refractivity contribution in [3.8, 4) is 11.6 Å². The first-order chi connectivity index (χ1) is 8.61. The van der Waals surface area contributed by atoms with Crippen molar-refractivity contribution in [2.45, 2.75) is 6.92 Å². The summed E-state index contributed by atoms with van der Waals surface area (Å²) in [5, 5.41) is 0.943. The number of aromatic nitrogens is 2. The van der Waals surface area contributed by atoms with E-state index in [1.54, 1.807) is 25.1 Å². The maximum absolute atomic E-state index is 6.01. The van der Waals surface area contributed by atoms with Gasteiger partial charge in [0.1, 0.15) is 17.9 Å². The molecule has 2 aromatic rings. The summed E-state index contributed by atoms with van der Waals surface area (Å²) in [5.74, 6) is 6.65. The lowest BCUT2D eigenvalue weighted by atomic mass is 10.3. The van der Waals surface area contributed by atoms with E-state index in [0.29, 0.717) is 33.1 Å². The van der Waals surface area contributed by atoms with Crippen molar-refractivity contribution in [1.82, 2.24) is 9.97 Å². The van der Waals surface area contributed by atoms with Crippen molar-refractivity contribution in [2.24, 2.45) is 5.84 Å². The van der Waals surface area contributed by atoms with Crippen LogP contribution in [0.4, 0.5) is 5.82 Å². The zero-order valence-electron chi connectivity index (χ0n) is 9.45. The minimum absolute atomic E-state index is 0.377. The Bertz CT molecular complexity index is 577. The van der Waals surface area contributed by atoms with Gasteiger partial charge in [-0.25, -0.2) is 15.8 Å². The molecule has 18 heavy (non-hydrogen) atoms. The third-order valence-corrected chi connectivity index (χ3v) is 2.81. The Morgan fingerprint density at radius 3 is 2.72 bits per heavy atom. The van der Waals surface area contributed by atoms with Crippen LogP contribution in [0.25, 0.3) is 0 Å². The molecule has 1 aromatic heterocycles. The Kier molecular flexibility index (Phi) is 3.86. The van der Waals surface area contributed by atoms with Gasteiger partial charge in [0, 0.05) is 5.02 Å². The third kappa shape index (κ3) is 2.64. The molecule has 0 aliphatic heterocycles. The average molecular weight is 285 g/mol. The van der Waals surface area contributed by atoms with Crippen LogP contribution in [0.3, 0.4) is 0 Å². The molecule has 3 N–H and O–H groups in total. The molecule has 0 atom stereocenters. The van der Waals surface area contributed by atoms with Crippen molar-refractivity contribution in [3.05, 3.63) is 40.1 Å². The number of nitrogen functional groups attached to an aromatic ring is 1. The van der Waals surface area contributed by atoms with Gasteiger partial charge in [-0.2, -0.15) is 0 Å². The minimum atomic E-state index is 0.377. The van der Waals surface area contributed by atoms with Crippen molar-refractivity contribution in [1.29, 1.82) is 0 Å². The van der Waals surface area contributed by atoms with E-state index >= 15 is 0 Å². The number of hydrazine groups is 1. The molecule has 5 nitrogen and oxygen atoms in total. The number of anilines is 1. The van der Waals surface area contributed by atoms with Crippen molar-refractivity contribution in [3.63, 3.8) is 0 Å². The van der Waals surface area contributed by atoms with Gasteiger partial charge in [-0.05, 0) is 25.1 Å². The van der Waals surface area contributed by atoms with E-state index in [2.05, 4.69) is 15.4 Å². The van der Waals surface area contributed by atoms with E-state index in [1.807, 2.05) is 0 Å². The topological polar surface area (TPSA) is 73.1 Å². The Morgan fingerprint density at radius 1 is 1.28 bits per heavy atom. The SMILES string of the molecule is Cc1c(NN)ncnc1Oc1ccc(Cl)cc1Cl. The van der Waals surface area contributed by atoms with Crippen LogP contribution in [-0.2, 0) is 0 Å². The van der Waals surface area contributed by atoms with E-state index in [1.165, 1.54) is 6.33 Å². The van der Waals surface area contributed by atoms with E-state index in [-0.39, 0.29) is 0 Å². The van der Waals surface area contributed by atoms with E-state index < -0.39 is 0 Å². The second kappa shape index (κ2) is 5.39. The molecule has 0 saturated heterocycles. The van der Waals surface area contributed by atoms with Crippen LogP contribution in [0.5, 0.6) is 11.6 Å². The van der Waals surface area contributed by atoms with E-state index in [9.17, 15) is 0 Å². The van der Waals surface area contributed by atoms with Gasteiger partial charge in [-0.3, -0.25) is 0 Å². The largest absolute Gasteiger partial charge is 0.437 e. The number of nitrogens with two attached hydrogens (primary N) is 1. The molecule has 0 amide bonds. The highest BCUT2D eigenvalue weighted by Crippen LogP contribution is 2.32. The second-order valence-corrected chi connectivity index (χ2v) is 4.32. The summed E-state index contributed by atoms with van der Waals surface area (Å²) in [7, 11) is 0. The molecule has 0 bridgehead atoms. The van der Waals surface area contributed by atoms with Crippen molar-refractivity contribution in [2.75, 3.05) is 5.43 Å². The molecule has 0 aliphatic rings. The molecule has 0 saturated carbocycles. The Morgan fingerprint density at radius 2 is 2.06 bits per heavy atom. The van der Waals surface area contributed by atoms with Crippen molar-refractivity contribution < 1.29 is 4.74 Å². The summed E-state index contributed by atoms with van der Waals surface area (Å²) in [6, 6.07) is 4.94. The fourth-order valence-corrected chi connectivity index (χ4v) is 1.79. The standard InChI is InChI=1S/C11H10Cl2N4O/c1-6-10(17-14)15-5-16-11(6)18-9-3-2-7(12)4-8(9)13/h2-5H,14H2,1H3,(H,15,16,17). The first-order valence-corrected chi connectivity index (χ1v) is 5.78. The van der Waals surface area contributed by atoms with Crippen LogP contribution in [0.2, 0.25) is 10.0 Å². The molecule has 0 radical (unpaired) electrons. The Balaban J connectivity index is 2.34. The maximum atomic E-state index is 6.01. The zero-order valence-corrected chi connectivity index (χ0v) is 11.0. The Hall–Kier alpha value is -1.56. The number of halogens is 2. The number of hydrogen-bond acceptors (Lipinski definition) is 5. The van der Waals surface area contributed by atoms with Gasteiger partial charge in [-0.15, -0.1) is 0 Å². The summed E-state index contributed by atoms with van der Waals surface area (Å²) in [6.07, 6.45) is 1.35. The number of ether oxygens (including phenoxy) is 1. The third-order valence-electron chi connectivity index (χ3n) is 2.28. The fourth-order valence-electron chi connectivity index (χ4n) is 1.34. The molecule has 0 fully saturated rings. The van der Waals surface area contributed by atoms with Gasteiger partial charge in [-0.1, -0.05) is 23.2 Å². The lowest BCUT2D eigenvalue weighted by Gasteiger charge is -2.10. The number of rotatable bonds is 3. The predicted octanol–water partition coefficient (Wildman–Crippen LogP) is 3.17. The summed E-state index contributed by atoms with van der Waals surface area (Å²) < 4.78 is 5.60. The van der Waals surface area contributed by atoms with Gasteiger partial charge in [0.25, 0.3) is 0 Å². The Labute approximate surface area is 114 Å². The van der Waals surface area contributed by atoms with Crippen LogP contribution in [0.15, 0.2) is 24.5 Å². The quantitative estimate of drug-likeness (QED) is 0.669. The second-order valence-electron chi connectivity index (χ2n) is 3.47. The maximum Gasteiger partial charge on any atom is 0.227 e. The van der Waals surface area contributed by atoms with Gasteiger partial charge in [0.2, 0.25) is 5.88 Å². The van der Waals surface area contributed by atoms with Crippen LogP contribution in [0, 0.1) is 6.92 Å². The number of hydrogen-bond donors (Lipinski definition) is 2. The molecule has 0 spiro atoms. The molecule has 0 unspecified atom stereocenters. The highest BCUT2D eigenvalue weighted by Gasteiger charge is 2.10. The smallest absolute Gasteiger partial charge is 0.227 e. The zero-order chi connectivity index (χ0) is 13.1. The molecule has 1 heterocycles. The highest BCUT2D eigenvalue weighted by atomic mass is 35.5. The van der Waals surface area contributed by atoms with E-state index in [4.69, 9.17) is 33.8 Å². The average Bonchev–Trinajstić information content (AvgIpc) is 2.35. The van der Waals surface area contributed by atoms with Gasteiger partial charge < -0.3 is 10.2 Å². The first kappa shape index (κ1) is 12.9. The summed E-state index contributed by atoms with van der Waals surface area (Å²) in [4.78, 5) is 7.98. The van der Waals surface area contributed by atoms with Crippen molar-refractivity contribution >= 4 is 29.0 Å². The number of nitrogens with one attached hydrogen (secondary N) is 1. The van der Waals surface area contributed by atoms with Gasteiger partial charge in [0.15, 0.2) is 0 Å². The summed E-state index contributed by atoms with van der Waals surface area (Å²) >= 11 is 11.8. The molecule has 1 aromatic carbocycles. The van der Waals surface area contributed by atoms with Crippen LogP contribution < -0.4 is 16.0 Å². The number of benzene rings is 1. The van der Waals surface area contributed by atoms with Gasteiger partial charge >= 0.3 is 0 Å². The molecule has 94 valence electrons. The van der Waals surface area contributed by atoms with Crippen LogP contribution in [-0.4, -0.2) is 9.97 Å². The first-order valence-electron chi connectivity index (χ1n) is 5.03.